The molecule has 43 heavy (non-hydrogen) atoms. The largest absolute Gasteiger partial charge is 0.497 e. The summed E-state index contributed by atoms with van der Waals surface area (Å²) >= 11 is 0. The summed E-state index contributed by atoms with van der Waals surface area (Å²) in [4.78, 5) is 26.0. The fourth-order valence-electron chi connectivity index (χ4n) is 5.55. The number of hydrogen-bond donors (Lipinski definition) is 1. The van der Waals surface area contributed by atoms with Crippen LogP contribution in [0.3, 0.4) is 0 Å². The maximum absolute atomic E-state index is 13.4. The number of benzene rings is 2. The number of rotatable bonds is 10. The van der Waals surface area contributed by atoms with E-state index in [1.807, 2.05) is 32.3 Å². The molecule has 1 aliphatic heterocycles. The molecule has 12 heteroatoms. The maximum Gasteiger partial charge on any atom is 0.262 e. The molecule has 1 aliphatic carbocycles. The molecule has 1 amide bonds. The van der Waals surface area contributed by atoms with Crippen molar-refractivity contribution < 1.29 is 22.7 Å². The molecule has 0 bridgehead atoms. The molecule has 0 atom stereocenters. The molecule has 3 heterocycles. The SMILES string of the molecule is COc1ccc(S(=O)(=O)Nc2cc(-c3ccc4ncc5c(c4c3)C3(CC3)C(=O)N5C)cnc2OCCCN(C)C)cc1.Cl. The number of pyridine rings is 2. The Kier molecular flexibility index (Phi) is 8.26. The van der Waals surface area contributed by atoms with E-state index in [1.54, 1.807) is 42.5 Å². The van der Waals surface area contributed by atoms with Gasteiger partial charge in [0.15, 0.2) is 0 Å². The summed E-state index contributed by atoms with van der Waals surface area (Å²) in [6.45, 7) is 1.19. The smallest absolute Gasteiger partial charge is 0.262 e. The molecule has 10 nitrogen and oxygen atoms in total. The van der Waals surface area contributed by atoms with E-state index >= 15 is 0 Å². The van der Waals surface area contributed by atoms with Gasteiger partial charge in [-0.05, 0) is 81.4 Å². The van der Waals surface area contributed by atoms with Gasteiger partial charge in [0, 0.05) is 36.3 Å². The van der Waals surface area contributed by atoms with Gasteiger partial charge in [0.25, 0.3) is 10.0 Å². The number of anilines is 2. The number of aromatic nitrogens is 2. The van der Waals surface area contributed by atoms with Crippen molar-refractivity contribution in [3.05, 3.63) is 66.5 Å². The van der Waals surface area contributed by atoms with E-state index in [9.17, 15) is 13.2 Å². The number of carbonyl (C=O) groups excluding carboxylic acids is 1. The van der Waals surface area contributed by atoms with Crippen molar-refractivity contribution in [3.8, 4) is 22.8 Å². The van der Waals surface area contributed by atoms with E-state index in [1.165, 1.54) is 19.2 Å². The van der Waals surface area contributed by atoms with Gasteiger partial charge >= 0.3 is 0 Å². The van der Waals surface area contributed by atoms with Crippen LogP contribution in [0.1, 0.15) is 24.8 Å². The monoisotopic (exact) mass is 623 g/mol. The molecule has 2 aromatic heterocycles. The Hall–Kier alpha value is -3.93. The molecule has 1 N–H and O–H groups in total. The third-order valence-corrected chi connectivity index (χ3v) is 9.32. The Morgan fingerprint density at radius 1 is 1.02 bits per heavy atom. The van der Waals surface area contributed by atoms with Gasteiger partial charge in [0.1, 0.15) is 11.4 Å². The minimum absolute atomic E-state index is 0. The van der Waals surface area contributed by atoms with Gasteiger partial charge in [-0.1, -0.05) is 6.07 Å². The lowest BCUT2D eigenvalue weighted by atomic mass is 9.92. The van der Waals surface area contributed by atoms with E-state index in [0.717, 1.165) is 53.5 Å². The summed E-state index contributed by atoms with van der Waals surface area (Å²) in [6.07, 6.45) is 5.85. The highest BCUT2D eigenvalue weighted by Gasteiger charge is 2.59. The molecule has 0 saturated heterocycles. The van der Waals surface area contributed by atoms with E-state index in [0.29, 0.717) is 17.9 Å². The first-order valence-electron chi connectivity index (χ1n) is 13.8. The average Bonchev–Trinajstić information content (AvgIpc) is 3.76. The zero-order valence-electron chi connectivity index (χ0n) is 24.5. The van der Waals surface area contributed by atoms with Crippen molar-refractivity contribution in [3.63, 3.8) is 0 Å². The van der Waals surface area contributed by atoms with Crippen LogP contribution in [0.15, 0.2) is 65.8 Å². The minimum Gasteiger partial charge on any atom is -0.497 e. The first kappa shape index (κ1) is 30.5. The van der Waals surface area contributed by atoms with Crippen molar-refractivity contribution in [1.29, 1.82) is 0 Å². The van der Waals surface area contributed by atoms with Gasteiger partial charge in [0.05, 0.1) is 41.4 Å². The average molecular weight is 624 g/mol. The first-order chi connectivity index (χ1) is 20.1. The molecule has 1 spiro atoms. The topological polar surface area (TPSA) is 114 Å². The van der Waals surface area contributed by atoms with Crippen LogP contribution in [-0.4, -0.2) is 70.6 Å². The molecule has 6 rings (SSSR count). The van der Waals surface area contributed by atoms with E-state index in [-0.39, 0.29) is 34.8 Å². The van der Waals surface area contributed by atoms with Crippen LogP contribution in [0.2, 0.25) is 0 Å². The second kappa shape index (κ2) is 11.6. The van der Waals surface area contributed by atoms with E-state index in [4.69, 9.17) is 9.47 Å². The van der Waals surface area contributed by atoms with Crippen LogP contribution >= 0.6 is 12.4 Å². The molecule has 0 unspecified atom stereocenters. The quantitative estimate of drug-likeness (QED) is 0.249. The lowest BCUT2D eigenvalue weighted by molar-refractivity contribution is -0.119. The normalized spacial score (nSPS) is 15.0. The Bertz CT molecular complexity index is 1790. The van der Waals surface area contributed by atoms with Gasteiger partial charge in [-0.15, -0.1) is 12.4 Å². The van der Waals surface area contributed by atoms with Crippen LogP contribution in [-0.2, 0) is 20.2 Å². The van der Waals surface area contributed by atoms with Crippen molar-refractivity contribution >= 4 is 50.6 Å². The molecular weight excluding hydrogens is 590 g/mol. The van der Waals surface area contributed by atoms with E-state index in [2.05, 4.69) is 19.6 Å². The van der Waals surface area contributed by atoms with Crippen molar-refractivity contribution in [2.24, 2.45) is 0 Å². The number of hydrogen-bond acceptors (Lipinski definition) is 8. The van der Waals surface area contributed by atoms with Crippen LogP contribution in [0.25, 0.3) is 22.0 Å². The second-order valence-corrected chi connectivity index (χ2v) is 12.7. The fraction of sp³-hybridized carbons (Fsp3) is 0.323. The van der Waals surface area contributed by atoms with Crippen LogP contribution in [0.4, 0.5) is 11.4 Å². The van der Waals surface area contributed by atoms with Crippen LogP contribution < -0.4 is 19.1 Å². The third-order valence-electron chi connectivity index (χ3n) is 7.94. The minimum atomic E-state index is -3.95. The molecular formula is C31H34ClN5O5S. The Balaban J connectivity index is 0.00000368. The van der Waals surface area contributed by atoms with E-state index < -0.39 is 15.4 Å². The molecule has 1 saturated carbocycles. The number of amides is 1. The fourth-order valence-corrected chi connectivity index (χ4v) is 6.60. The highest BCUT2D eigenvalue weighted by atomic mass is 35.5. The Morgan fingerprint density at radius 2 is 1.77 bits per heavy atom. The molecule has 0 radical (unpaired) electrons. The van der Waals surface area contributed by atoms with Crippen molar-refractivity contribution in [2.45, 2.75) is 29.6 Å². The number of ether oxygens (including phenoxy) is 2. The van der Waals surface area contributed by atoms with Crippen LogP contribution in [0.5, 0.6) is 11.6 Å². The van der Waals surface area contributed by atoms with Crippen LogP contribution in [0, 0.1) is 0 Å². The summed E-state index contributed by atoms with van der Waals surface area (Å²) in [5, 5.41) is 0.921. The molecule has 226 valence electrons. The highest BCUT2D eigenvalue weighted by Crippen LogP contribution is 2.58. The Morgan fingerprint density at radius 3 is 2.44 bits per heavy atom. The van der Waals surface area contributed by atoms with Crippen molar-refractivity contribution in [1.82, 2.24) is 14.9 Å². The number of sulfonamides is 1. The van der Waals surface area contributed by atoms with Gasteiger partial charge in [0.2, 0.25) is 11.8 Å². The first-order valence-corrected chi connectivity index (χ1v) is 15.3. The van der Waals surface area contributed by atoms with Gasteiger partial charge in [-0.25, -0.2) is 13.4 Å². The molecule has 2 aromatic carbocycles. The summed E-state index contributed by atoms with van der Waals surface area (Å²) in [7, 11) is 3.33. The summed E-state index contributed by atoms with van der Waals surface area (Å²) in [5.74, 6) is 0.868. The second-order valence-electron chi connectivity index (χ2n) is 11.1. The standard InChI is InChI=1S/C31H33N5O5S.ClH/c1-35(2)14-5-15-41-29-26(34-42(38,39)23-9-7-22(40-4)8-10-23)17-21(18-33-29)20-6-11-25-24(16-20)28-27(19-32-25)36(3)30(37)31(28)12-13-31;/h6-11,16-19,34H,5,12-15H2,1-4H3;1H. The molecule has 4 aromatic rings. The van der Waals surface area contributed by atoms with Crippen molar-refractivity contribution in [2.75, 3.05) is 51.0 Å². The number of carbonyl (C=O) groups is 1. The summed E-state index contributed by atoms with van der Waals surface area (Å²) in [5.41, 5.74) is 3.97. The number of fused-ring (bicyclic) bond motifs is 4. The molecule has 2 aliphatic rings. The summed E-state index contributed by atoms with van der Waals surface area (Å²) < 4.78 is 40.6. The maximum atomic E-state index is 13.4. The number of nitrogens with zero attached hydrogens (tertiary/aromatic N) is 4. The molecule has 1 fully saturated rings. The number of likely N-dealkylation sites (N-methyl/N-ethyl adjacent to an activating group) is 1. The number of halogens is 1. The zero-order valence-corrected chi connectivity index (χ0v) is 26.1. The lowest BCUT2D eigenvalue weighted by Crippen LogP contribution is -2.28. The lowest BCUT2D eigenvalue weighted by Gasteiger charge is -2.16. The number of nitrogens with one attached hydrogen (secondary N) is 1. The van der Waals surface area contributed by atoms with Gasteiger partial charge in [-0.3, -0.25) is 14.5 Å². The zero-order chi connectivity index (χ0) is 29.6. The number of methoxy groups -OCH3 is 1. The highest BCUT2D eigenvalue weighted by molar-refractivity contribution is 7.92. The van der Waals surface area contributed by atoms with Gasteiger partial charge in [-0.2, -0.15) is 0 Å². The predicted molar refractivity (Wildman–Crippen MR) is 169 cm³/mol. The Labute approximate surface area is 257 Å². The van der Waals surface area contributed by atoms with Gasteiger partial charge < -0.3 is 19.3 Å². The summed E-state index contributed by atoms with van der Waals surface area (Å²) in [6, 6.07) is 13.8. The third kappa shape index (κ3) is 5.60. The predicted octanol–water partition coefficient (Wildman–Crippen LogP) is 4.87.